The van der Waals surface area contributed by atoms with Crippen LogP contribution in [-0.2, 0) is 4.74 Å². The zero-order valence-corrected chi connectivity index (χ0v) is 8.39. The van der Waals surface area contributed by atoms with Gasteiger partial charge in [0, 0.05) is 18.9 Å². The number of nitrogens with two attached hydrogens (primary N) is 1. The van der Waals surface area contributed by atoms with Crippen molar-refractivity contribution in [2.45, 2.75) is 25.5 Å². The van der Waals surface area contributed by atoms with E-state index < -0.39 is 6.09 Å². The molecule has 5 heteroatoms. The summed E-state index contributed by atoms with van der Waals surface area (Å²) in [5.41, 5.74) is 4.97. The standard InChI is InChI=1S/C10H14N2O3/c11-10(13)15-9-5-3-6-12(9)8-4-1-2-7-14-8/h3,5-6,8H,1-2,4,7H2,(H2,11,13). The molecule has 0 spiro atoms. The Balaban J connectivity index is 2.12. The Morgan fingerprint density at radius 2 is 2.47 bits per heavy atom. The molecule has 1 aromatic heterocycles. The maximum Gasteiger partial charge on any atom is 0.411 e. The first-order chi connectivity index (χ1) is 7.27. The Kier molecular flexibility index (Phi) is 2.91. The van der Waals surface area contributed by atoms with Crippen LogP contribution in [0.4, 0.5) is 4.79 Å². The second-order valence-corrected chi connectivity index (χ2v) is 3.50. The van der Waals surface area contributed by atoms with E-state index in [0.717, 1.165) is 25.9 Å². The van der Waals surface area contributed by atoms with Gasteiger partial charge in [-0.15, -0.1) is 0 Å². The van der Waals surface area contributed by atoms with Gasteiger partial charge in [-0.2, -0.15) is 0 Å². The number of hydrogen-bond acceptors (Lipinski definition) is 3. The van der Waals surface area contributed by atoms with Crippen LogP contribution in [0.1, 0.15) is 25.5 Å². The van der Waals surface area contributed by atoms with Gasteiger partial charge in [0.25, 0.3) is 0 Å². The number of primary amides is 1. The van der Waals surface area contributed by atoms with Crippen molar-refractivity contribution in [1.29, 1.82) is 0 Å². The van der Waals surface area contributed by atoms with Gasteiger partial charge in [0.2, 0.25) is 5.88 Å². The minimum Gasteiger partial charge on any atom is -0.393 e. The van der Waals surface area contributed by atoms with E-state index in [1.807, 2.05) is 6.20 Å². The van der Waals surface area contributed by atoms with Crippen LogP contribution >= 0.6 is 0 Å². The largest absolute Gasteiger partial charge is 0.411 e. The van der Waals surface area contributed by atoms with Gasteiger partial charge in [-0.25, -0.2) is 4.79 Å². The van der Waals surface area contributed by atoms with Gasteiger partial charge in [0.05, 0.1) is 0 Å². The molecule has 1 atom stereocenters. The second-order valence-electron chi connectivity index (χ2n) is 3.50. The first kappa shape index (κ1) is 10.0. The Bertz CT molecular complexity index is 342. The van der Waals surface area contributed by atoms with Crippen LogP contribution in [0.2, 0.25) is 0 Å². The average molecular weight is 210 g/mol. The number of amides is 1. The predicted molar refractivity (Wildman–Crippen MR) is 53.5 cm³/mol. The lowest BCUT2D eigenvalue weighted by Gasteiger charge is -2.25. The van der Waals surface area contributed by atoms with Crippen LogP contribution in [0.5, 0.6) is 5.88 Å². The lowest BCUT2D eigenvalue weighted by atomic mass is 10.2. The van der Waals surface area contributed by atoms with Crippen molar-refractivity contribution in [1.82, 2.24) is 4.57 Å². The summed E-state index contributed by atoms with van der Waals surface area (Å²) in [5, 5.41) is 0. The number of carbonyl (C=O) groups is 1. The van der Waals surface area contributed by atoms with Gasteiger partial charge in [-0.1, -0.05) is 0 Å². The summed E-state index contributed by atoms with van der Waals surface area (Å²) in [4.78, 5) is 10.6. The van der Waals surface area contributed by atoms with Crippen LogP contribution in [0, 0.1) is 0 Å². The fourth-order valence-corrected chi connectivity index (χ4v) is 1.75. The fourth-order valence-electron chi connectivity index (χ4n) is 1.75. The molecule has 1 amide bonds. The van der Waals surface area contributed by atoms with Crippen LogP contribution in [-0.4, -0.2) is 17.3 Å². The molecule has 1 aromatic rings. The third-order valence-electron chi connectivity index (χ3n) is 2.41. The van der Waals surface area contributed by atoms with Gasteiger partial charge in [0.15, 0.2) is 0 Å². The van der Waals surface area contributed by atoms with E-state index in [-0.39, 0.29) is 6.23 Å². The summed E-state index contributed by atoms with van der Waals surface area (Å²) in [6, 6.07) is 3.50. The van der Waals surface area contributed by atoms with Crippen molar-refractivity contribution < 1.29 is 14.3 Å². The van der Waals surface area contributed by atoms with Crippen LogP contribution in [0.25, 0.3) is 0 Å². The number of nitrogens with zero attached hydrogens (tertiary/aromatic N) is 1. The maximum absolute atomic E-state index is 10.6. The highest BCUT2D eigenvalue weighted by molar-refractivity contribution is 5.67. The molecule has 1 unspecified atom stereocenters. The normalized spacial score (nSPS) is 21.2. The summed E-state index contributed by atoms with van der Waals surface area (Å²) in [6.45, 7) is 0.749. The Morgan fingerprint density at radius 3 is 3.13 bits per heavy atom. The molecule has 0 aromatic carbocycles. The van der Waals surface area contributed by atoms with E-state index in [4.69, 9.17) is 15.2 Å². The lowest BCUT2D eigenvalue weighted by molar-refractivity contribution is -0.0345. The Labute approximate surface area is 87.8 Å². The molecule has 2 N–H and O–H groups in total. The molecule has 82 valence electrons. The van der Waals surface area contributed by atoms with E-state index in [1.54, 1.807) is 16.7 Å². The molecule has 5 nitrogen and oxygen atoms in total. The number of hydrogen-bond donors (Lipinski definition) is 1. The molecule has 0 aliphatic carbocycles. The van der Waals surface area contributed by atoms with Gasteiger partial charge >= 0.3 is 6.09 Å². The topological polar surface area (TPSA) is 66.5 Å². The molecule has 0 radical (unpaired) electrons. The summed E-state index contributed by atoms with van der Waals surface area (Å²) < 4.78 is 12.2. The van der Waals surface area contributed by atoms with Gasteiger partial charge < -0.3 is 15.2 Å². The highest BCUT2D eigenvalue weighted by Crippen LogP contribution is 2.27. The molecule has 1 aliphatic rings. The second kappa shape index (κ2) is 4.35. The first-order valence-electron chi connectivity index (χ1n) is 5.03. The molecule has 15 heavy (non-hydrogen) atoms. The van der Waals surface area contributed by atoms with E-state index in [1.165, 1.54) is 0 Å². The van der Waals surface area contributed by atoms with E-state index in [2.05, 4.69) is 0 Å². The zero-order valence-electron chi connectivity index (χ0n) is 8.39. The van der Waals surface area contributed by atoms with E-state index in [9.17, 15) is 4.79 Å². The summed E-state index contributed by atoms with van der Waals surface area (Å²) in [5.74, 6) is 0.439. The minimum atomic E-state index is -0.800. The minimum absolute atomic E-state index is 0.0388. The molecule has 0 saturated carbocycles. The van der Waals surface area contributed by atoms with Crippen LogP contribution in [0.3, 0.4) is 0 Å². The van der Waals surface area contributed by atoms with Crippen molar-refractivity contribution in [2.24, 2.45) is 5.73 Å². The summed E-state index contributed by atoms with van der Waals surface area (Å²) in [7, 11) is 0. The number of rotatable bonds is 2. The van der Waals surface area contributed by atoms with Crippen molar-refractivity contribution in [3.05, 3.63) is 18.3 Å². The summed E-state index contributed by atoms with van der Waals surface area (Å²) >= 11 is 0. The molecule has 1 fully saturated rings. The van der Waals surface area contributed by atoms with Gasteiger partial charge in [-0.3, -0.25) is 4.57 Å². The van der Waals surface area contributed by atoms with E-state index in [0.29, 0.717) is 5.88 Å². The molecule has 1 saturated heterocycles. The smallest absolute Gasteiger partial charge is 0.393 e. The average Bonchev–Trinajstić information content (AvgIpc) is 2.66. The highest BCUT2D eigenvalue weighted by Gasteiger charge is 2.18. The quantitative estimate of drug-likeness (QED) is 0.806. The predicted octanol–water partition coefficient (Wildman–Crippen LogP) is 1.64. The SMILES string of the molecule is NC(=O)Oc1cccn1C1CCCCO1. The first-order valence-corrected chi connectivity index (χ1v) is 5.03. The van der Waals surface area contributed by atoms with Crippen molar-refractivity contribution in [2.75, 3.05) is 6.61 Å². The Hall–Kier alpha value is -1.49. The fraction of sp³-hybridized carbons (Fsp3) is 0.500. The van der Waals surface area contributed by atoms with Crippen molar-refractivity contribution in [3.8, 4) is 5.88 Å². The molecule has 2 rings (SSSR count). The third kappa shape index (κ3) is 2.30. The van der Waals surface area contributed by atoms with Gasteiger partial charge in [0.1, 0.15) is 6.23 Å². The number of aromatic nitrogens is 1. The third-order valence-corrected chi connectivity index (χ3v) is 2.41. The molecular formula is C10H14N2O3. The lowest BCUT2D eigenvalue weighted by Crippen LogP contribution is -2.22. The maximum atomic E-state index is 10.6. The van der Waals surface area contributed by atoms with Gasteiger partial charge in [-0.05, 0) is 25.3 Å². The summed E-state index contributed by atoms with van der Waals surface area (Å²) in [6.07, 6.45) is 4.13. The highest BCUT2D eigenvalue weighted by atomic mass is 16.6. The molecule has 1 aliphatic heterocycles. The monoisotopic (exact) mass is 210 g/mol. The zero-order chi connectivity index (χ0) is 10.7. The van der Waals surface area contributed by atoms with E-state index >= 15 is 0 Å². The Morgan fingerprint density at radius 1 is 1.60 bits per heavy atom. The van der Waals surface area contributed by atoms with Crippen molar-refractivity contribution in [3.63, 3.8) is 0 Å². The molecule has 2 heterocycles. The molecular weight excluding hydrogens is 196 g/mol. The number of carbonyl (C=O) groups excluding carboxylic acids is 1. The van der Waals surface area contributed by atoms with Crippen LogP contribution in [0.15, 0.2) is 18.3 Å². The molecule has 0 bridgehead atoms. The number of ether oxygens (including phenoxy) is 2. The van der Waals surface area contributed by atoms with Crippen molar-refractivity contribution >= 4 is 6.09 Å². The van der Waals surface area contributed by atoms with Crippen LogP contribution < -0.4 is 10.5 Å².